The molecule has 0 spiro atoms. The smallest absolute Gasteiger partial charge is 0.190 e. The largest absolute Gasteiger partial charge is 0.332 e. The summed E-state index contributed by atoms with van der Waals surface area (Å²) in [5, 5.41) is 16.7. The molecular formula is C13H25N4O+. The first kappa shape index (κ1) is 16.7. The van der Waals surface area contributed by atoms with Crippen LogP contribution in [-0.2, 0) is 4.74 Å². The van der Waals surface area contributed by atoms with E-state index in [2.05, 4.69) is 20.8 Å². The Morgan fingerprint density at radius 1 is 1.22 bits per heavy atom. The molecule has 18 heavy (non-hydrogen) atoms. The summed E-state index contributed by atoms with van der Waals surface area (Å²) >= 11 is 0. The molecule has 0 aromatic rings. The maximum absolute atomic E-state index is 7.48. The predicted octanol–water partition coefficient (Wildman–Crippen LogP) is 1.93. The number of quaternary nitrogens is 1. The molecule has 1 fully saturated rings. The van der Waals surface area contributed by atoms with Gasteiger partial charge in [-0.05, 0) is 20.3 Å². The van der Waals surface area contributed by atoms with E-state index in [1.54, 1.807) is 5.32 Å². The molecule has 1 aliphatic heterocycles. The van der Waals surface area contributed by atoms with Crippen molar-refractivity contribution in [3.8, 4) is 12.4 Å². The van der Waals surface area contributed by atoms with E-state index in [9.17, 15) is 0 Å². The van der Waals surface area contributed by atoms with Gasteiger partial charge in [0.15, 0.2) is 19.1 Å². The van der Waals surface area contributed by atoms with Crippen LogP contribution >= 0.6 is 0 Å². The van der Waals surface area contributed by atoms with Crippen molar-refractivity contribution in [1.29, 1.82) is 10.5 Å². The third kappa shape index (κ3) is 5.86. The second kappa shape index (κ2) is 9.70. The van der Waals surface area contributed by atoms with Gasteiger partial charge in [0.1, 0.15) is 0 Å². The minimum absolute atomic E-state index is 0.722. The van der Waals surface area contributed by atoms with E-state index in [1.165, 1.54) is 42.8 Å². The summed E-state index contributed by atoms with van der Waals surface area (Å²) in [6.45, 7) is 11.3. The van der Waals surface area contributed by atoms with E-state index in [0.29, 0.717) is 0 Å². The zero-order valence-corrected chi connectivity index (χ0v) is 11.8. The zero-order chi connectivity index (χ0) is 13.9. The minimum atomic E-state index is 0.722. The topological polar surface area (TPSA) is 68.8 Å². The highest BCUT2D eigenvalue weighted by Gasteiger charge is 2.34. The lowest BCUT2D eigenvalue weighted by Crippen LogP contribution is -2.52. The monoisotopic (exact) mass is 253 g/mol. The lowest BCUT2D eigenvalue weighted by Gasteiger charge is -2.37. The van der Waals surface area contributed by atoms with Crippen molar-refractivity contribution in [2.45, 2.75) is 46.1 Å². The highest BCUT2D eigenvalue weighted by atomic mass is 16.5. The molecule has 0 radical (unpaired) electrons. The molecule has 1 heterocycles. The first-order valence-corrected chi connectivity index (χ1v) is 6.59. The van der Waals surface area contributed by atoms with Gasteiger partial charge in [0.2, 0.25) is 0 Å². The van der Waals surface area contributed by atoms with Crippen molar-refractivity contribution in [3.05, 3.63) is 0 Å². The van der Waals surface area contributed by atoms with E-state index in [-0.39, 0.29) is 0 Å². The van der Waals surface area contributed by atoms with Crippen LogP contribution in [0, 0.1) is 22.9 Å². The third-order valence-electron chi connectivity index (χ3n) is 3.36. The van der Waals surface area contributed by atoms with Crippen molar-refractivity contribution in [2.24, 2.45) is 0 Å². The number of nitriles is 2. The summed E-state index contributed by atoms with van der Waals surface area (Å²) in [4.78, 5) is 0. The zero-order valence-electron chi connectivity index (χ0n) is 11.8. The van der Waals surface area contributed by atoms with Gasteiger partial charge < -0.3 is 4.74 Å². The first-order valence-electron chi connectivity index (χ1n) is 6.59. The molecule has 5 heteroatoms. The van der Waals surface area contributed by atoms with Gasteiger partial charge >= 0.3 is 0 Å². The SMILES string of the molecule is CCCOC[N+]1(C(C)C)CCCC1.N#CNC#N. The molecule has 1 rings (SSSR count). The van der Waals surface area contributed by atoms with Crippen LogP contribution in [0.2, 0.25) is 0 Å². The van der Waals surface area contributed by atoms with Crippen molar-refractivity contribution >= 4 is 0 Å². The van der Waals surface area contributed by atoms with Crippen LogP contribution in [0.5, 0.6) is 0 Å². The molecule has 5 nitrogen and oxygen atoms in total. The van der Waals surface area contributed by atoms with E-state index in [4.69, 9.17) is 15.3 Å². The fourth-order valence-electron chi connectivity index (χ4n) is 2.18. The summed E-state index contributed by atoms with van der Waals surface area (Å²) in [6, 6.07) is 0.722. The van der Waals surface area contributed by atoms with Gasteiger partial charge in [-0.25, -0.2) is 5.32 Å². The van der Waals surface area contributed by atoms with Gasteiger partial charge in [0.25, 0.3) is 0 Å². The summed E-state index contributed by atoms with van der Waals surface area (Å²) in [5.74, 6) is 0. The molecule has 0 aromatic carbocycles. The Labute approximate surface area is 111 Å². The van der Waals surface area contributed by atoms with Crippen LogP contribution in [0.3, 0.4) is 0 Å². The molecule has 0 amide bonds. The number of hydrogen-bond donors (Lipinski definition) is 1. The van der Waals surface area contributed by atoms with Gasteiger partial charge in [0.05, 0.1) is 25.7 Å². The predicted molar refractivity (Wildman–Crippen MR) is 69.8 cm³/mol. The maximum atomic E-state index is 7.48. The molecule has 1 aliphatic rings. The second-order valence-corrected chi connectivity index (χ2v) is 4.85. The number of rotatable bonds is 5. The number of nitrogens with zero attached hydrogens (tertiary/aromatic N) is 3. The first-order chi connectivity index (χ1) is 8.63. The number of hydrogen-bond acceptors (Lipinski definition) is 4. The van der Waals surface area contributed by atoms with Crippen LogP contribution in [0.4, 0.5) is 0 Å². The molecule has 1 saturated heterocycles. The van der Waals surface area contributed by atoms with E-state index in [0.717, 1.165) is 25.8 Å². The van der Waals surface area contributed by atoms with Crippen molar-refractivity contribution in [2.75, 3.05) is 26.4 Å². The molecule has 0 aliphatic carbocycles. The van der Waals surface area contributed by atoms with Gasteiger partial charge in [0, 0.05) is 12.8 Å². The average molecular weight is 253 g/mol. The molecule has 1 N–H and O–H groups in total. The lowest BCUT2D eigenvalue weighted by molar-refractivity contribution is -0.954. The fraction of sp³-hybridized carbons (Fsp3) is 0.846. The molecule has 0 saturated carbocycles. The Balaban J connectivity index is 0.000000494. The quantitative estimate of drug-likeness (QED) is 0.352. The standard InChI is InChI=1S/C11H24NO.C2HN3/c1-4-9-13-10-12(11(2)3)7-5-6-8-12;3-1-5-2-4/h11H,4-10H2,1-3H3;5H/q+1;. The number of likely N-dealkylation sites (tertiary alicyclic amines) is 1. The third-order valence-corrected chi connectivity index (χ3v) is 3.36. The fourth-order valence-corrected chi connectivity index (χ4v) is 2.18. The second-order valence-electron chi connectivity index (χ2n) is 4.85. The van der Waals surface area contributed by atoms with Crippen LogP contribution in [0.25, 0.3) is 0 Å². The Morgan fingerprint density at radius 2 is 1.78 bits per heavy atom. The van der Waals surface area contributed by atoms with Crippen molar-refractivity contribution < 1.29 is 9.22 Å². The van der Waals surface area contributed by atoms with E-state index in [1.807, 2.05) is 0 Å². The lowest BCUT2D eigenvalue weighted by atomic mass is 10.3. The van der Waals surface area contributed by atoms with E-state index < -0.39 is 0 Å². The summed E-state index contributed by atoms with van der Waals surface area (Å²) in [5.41, 5.74) is 0. The molecular weight excluding hydrogens is 228 g/mol. The maximum Gasteiger partial charge on any atom is 0.190 e. The normalized spacial score (nSPS) is 16.3. The summed E-state index contributed by atoms with van der Waals surface area (Å²) in [7, 11) is 0. The number of ether oxygens (including phenoxy) is 1. The summed E-state index contributed by atoms with van der Waals surface area (Å²) in [6.07, 6.45) is 6.71. The van der Waals surface area contributed by atoms with Gasteiger partial charge in [-0.3, -0.25) is 4.48 Å². The Kier molecular flexibility index (Phi) is 9.00. The Morgan fingerprint density at radius 3 is 2.11 bits per heavy atom. The molecule has 0 atom stereocenters. The molecule has 102 valence electrons. The number of nitrogens with one attached hydrogen (secondary N) is 1. The van der Waals surface area contributed by atoms with Crippen LogP contribution in [0.15, 0.2) is 0 Å². The van der Waals surface area contributed by atoms with Gasteiger partial charge in [-0.2, -0.15) is 10.5 Å². The average Bonchev–Trinajstić information content (AvgIpc) is 2.81. The van der Waals surface area contributed by atoms with Crippen molar-refractivity contribution in [3.63, 3.8) is 0 Å². The molecule has 0 unspecified atom stereocenters. The highest BCUT2D eigenvalue weighted by Crippen LogP contribution is 2.23. The molecule has 0 bridgehead atoms. The van der Waals surface area contributed by atoms with Gasteiger partial charge in [-0.15, -0.1) is 0 Å². The molecule has 0 aromatic heterocycles. The minimum Gasteiger partial charge on any atom is -0.332 e. The van der Waals surface area contributed by atoms with Crippen LogP contribution in [-0.4, -0.2) is 37.0 Å². The Bertz CT molecular complexity index is 272. The Hall–Kier alpha value is -1.30. The van der Waals surface area contributed by atoms with Crippen LogP contribution < -0.4 is 5.32 Å². The van der Waals surface area contributed by atoms with Crippen LogP contribution in [0.1, 0.15) is 40.0 Å². The highest BCUT2D eigenvalue weighted by molar-refractivity contribution is 4.77. The van der Waals surface area contributed by atoms with Gasteiger partial charge in [-0.1, -0.05) is 6.92 Å². The van der Waals surface area contributed by atoms with Crippen molar-refractivity contribution in [1.82, 2.24) is 5.32 Å². The van der Waals surface area contributed by atoms with E-state index >= 15 is 0 Å². The summed E-state index contributed by atoms with van der Waals surface area (Å²) < 4.78 is 6.90.